The second kappa shape index (κ2) is 12.6. The number of anilines is 3. The number of primary amides is 1. The number of nitrogens with two attached hydrogens (primary N) is 1. The monoisotopic (exact) mass is 557 g/mol. The molecule has 41 heavy (non-hydrogen) atoms. The van der Waals surface area contributed by atoms with Crippen LogP contribution in [0.5, 0.6) is 5.75 Å². The zero-order valence-corrected chi connectivity index (χ0v) is 23.1. The number of amidine groups is 1. The number of benzene rings is 2. The van der Waals surface area contributed by atoms with Gasteiger partial charge in [0, 0.05) is 49.0 Å². The van der Waals surface area contributed by atoms with Gasteiger partial charge in [0.05, 0.1) is 6.61 Å². The number of hydrogen-bond acceptors (Lipinski definition) is 9. The Morgan fingerprint density at radius 1 is 1.00 bits per heavy atom. The molecule has 0 radical (unpaired) electrons. The van der Waals surface area contributed by atoms with Gasteiger partial charge >= 0.3 is 0 Å². The van der Waals surface area contributed by atoms with Crippen LogP contribution in [0.25, 0.3) is 0 Å². The zero-order valence-electron chi connectivity index (χ0n) is 23.1. The van der Waals surface area contributed by atoms with Crippen molar-refractivity contribution in [2.24, 2.45) is 5.73 Å². The third-order valence-corrected chi connectivity index (χ3v) is 7.22. The molecule has 0 saturated carbocycles. The summed E-state index contributed by atoms with van der Waals surface area (Å²) in [5.41, 5.74) is 7.55. The van der Waals surface area contributed by atoms with Crippen LogP contribution in [0.2, 0.25) is 0 Å². The number of aromatic nitrogens is 3. The minimum Gasteiger partial charge on any atom is -0.494 e. The van der Waals surface area contributed by atoms with Crippen LogP contribution in [0.4, 0.5) is 17.5 Å². The van der Waals surface area contributed by atoms with Crippen molar-refractivity contribution < 1.29 is 14.3 Å². The predicted octanol–water partition coefficient (Wildman–Crippen LogP) is 2.93. The maximum Gasteiger partial charge on any atom is 0.273 e. The number of rotatable bonds is 9. The lowest BCUT2D eigenvalue weighted by atomic mass is 10.1. The molecule has 0 spiro atoms. The van der Waals surface area contributed by atoms with Crippen molar-refractivity contribution in [3.8, 4) is 5.75 Å². The molecule has 1 atom stereocenters. The van der Waals surface area contributed by atoms with Crippen LogP contribution in [-0.2, 0) is 0 Å². The third kappa shape index (κ3) is 6.71. The number of hydrogen-bond donors (Lipinski definition) is 4. The van der Waals surface area contributed by atoms with Crippen LogP contribution >= 0.6 is 0 Å². The second-order valence-corrected chi connectivity index (χ2v) is 10.1. The predicted molar refractivity (Wildman–Crippen MR) is 156 cm³/mol. The molecule has 2 aliphatic heterocycles. The summed E-state index contributed by atoms with van der Waals surface area (Å²) in [6.07, 6.45) is 3.85. The van der Waals surface area contributed by atoms with E-state index in [-0.39, 0.29) is 23.5 Å². The molecule has 5 rings (SSSR count). The SMILES string of the molecule is CCOc1ccc(C(=O)NC2CCCN(c3nnc(C(N)=O)c(Nc4ccc(C(=N)N5CCCC5)cc4)n3)C2)cc1. The number of amides is 2. The Balaban J connectivity index is 1.26. The van der Waals surface area contributed by atoms with E-state index in [9.17, 15) is 9.59 Å². The number of nitrogens with one attached hydrogen (secondary N) is 3. The summed E-state index contributed by atoms with van der Waals surface area (Å²) in [6, 6.07) is 14.3. The minimum atomic E-state index is -0.745. The van der Waals surface area contributed by atoms with Gasteiger partial charge in [-0.25, -0.2) is 0 Å². The number of carbonyl (C=O) groups excluding carboxylic acids is 2. The van der Waals surface area contributed by atoms with E-state index < -0.39 is 5.91 Å². The largest absolute Gasteiger partial charge is 0.494 e. The maximum absolute atomic E-state index is 12.9. The molecule has 3 heterocycles. The van der Waals surface area contributed by atoms with Gasteiger partial charge in [-0.1, -0.05) is 0 Å². The van der Waals surface area contributed by atoms with Crippen molar-refractivity contribution in [3.05, 3.63) is 65.4 Å². The fraction of sp³-hybridized carbons (Fsp3) is 0.379. The van der Waals surface area contributed by atoms with Crippen LogP contribution in [-0.4, -0.2) is 76.6 Å². The van der Waals surface area contributed by atoms with Crippen LogP contribution in [0, 0.1) is 5.41 Å². The molecule has 12 heteroatoms. The summed E-state index contributed by atoms with van der Waals surface area (Å²) in [5, 5.41) is 22.9. The highest BCUT2D eigenvalue weighted by molar-refractivity contribution is 5.98. The topological polar surface area (TPSA) is 162 Å². The molecule has 2 amide bonds. The molecule has 0 aliphatic carbocycles. The minimum absolute atomic E-state index is 0.0694. The molecule has 1 aromatic heterocycles. The third-order valence-electron chi connectivity index (χ3n) is 7.22. The Kier molecular flexibility index (Phi) is 8.56. The van der Waals surface area contributed by atoms with E-state index in [1.165, 1.54) is 0 Å². The fourth-order valence-electron chi connectivity index (χ4n) is 5.09. The van der Waals surface area contributed by atoms with Crippen molar-refractivity contribution in [2.75, 3.05) is 43.0 Å². The Morgan fingerprint density at radius 2 is 1.71 bits per heavy atom. The molecule has 2 aliphatic rings. The molecule has 5 N–H and O–H groups in total. The first-order valence-electron chi connectivity index (χ1n) is 14.0. The van der Waals surface area contributed by atoms with Crippen molar-refractivity contribution in [1.82, 2.24) is 25.4 Å². The first-order chi connectivity index (χ1) is 19.9. The average Bonchev–Trinajstić information content (AvgIpc) is 3.53. The van der Waals surface area contributed by atoms with Gasteiger partial charge in [0.2, 0.25) is 5.95 Å². The van der Waals surface area contributed by atoms with E-state index >= 15 is 0 Å². The molecule has 0 bridgehead atoms. The number of piperidine rings is 1. The summed E-state index contributed by atoms with van der Waals surface area (Å²) in [6.45, 7) is 5.45. The molecule has 2 aromatic carbocycles. The van der Waals surface area contributed by atoms with E-state index in [1.54, 1.807) is 24.3 Å². The van der Waals surface area contributed by atoms with E-state index in [0.29, 0.717) is 42.7 Å². The van der Waals surface area contributed by atoms with E-state index in [2.05, 4.69) is 30.7 Å². The van der Waals surface area contributed by atoms with Crippen LogP contribution in [0.15, 0.2) is 48.5 Å². The van der Waals surface area contributed by atoms with Gasteiger partial charge in [-0.2, -0.15) is 4.98 Å². The van der Waals surface area contributed by atoms with Crippen molar-refractivity contribution >= 4 is 35.1 Å². The molecule has 3 aromatic rings. The van der Waals surface area contributed by atoms with Gasteiger partial charge in [-0.3, -0.25) is 15.0 Å². The standard InChI is InChI=1S/C29H35N9O3/c1-2-41-23-13-9-20(10-14-23)28(40)33-22-6-5-17-38(18-22)29-34-27(24(26(31)39)35-36-29)32-21-11-7-19(8-12-21)25(30)37-15-3-4-16-37/h7-14,22,30H,2-6,15-18H2,1H3,(H2,31,39)(H,33,40)(H,32,34,36). The molecule has 214 valence electrons. The number of ether oxygens (including phenoxy) is 1. The summed E-state index contributed by atoms with van der Waals surface area (Å²) in [5.74, 6) is 0.860. The first-order valence-corrected chi connectivity index (χ1v) is 14.0. The molecular formula is C29H35N9O3. The lowest BCUT2D eigenvalue weighted by Crippen LogP contribution is -2.48. The molecular weight excluding hydrogens is 522 g/mol. The quantitative estimate of drug-likeness (QED) is 0.229. The lowest BCUT2D eigenvalue weighted by molar-refractivity contribution is 0.0931. The van der Waals surface area contributed by atoms with Gasteiger partial charge in [0.15, 0.2) is 11.5 Å². The number of carbonyl (C=O) groups is 2. The maximum atomic E-state index is 12.9. The Bertz CT molecular complexity index is 1390. The van der Waals surface area contributed by atoms with Gasteiger partial charge in [0.1, 0.15) is 11.6 Å². The van der Waals surface area contributed by atoms with Crippen LogP contribution in [0.3, 0.4) is 0 Å². The first kappa shape index (κ1) is 27.8. The van der Waals surface area contributed by atoms with E-state index in [0.717, 1.165) is 50.1 Å². The molecule has 12 nitrogen and oxygen atoms in total. The number of likely N-dealkylation sites (tertiary alicyclic amines) is 1. The molecule has 2 fully saturated rings. The molecule has 2 saturated heterocycles. The number of nitrogens with zero attached hydrogens (tertiary/aromatic N) is 5. The van der Waals surface area contributed by atoms with Crippen molar-refractivity contribution in [2.45, 2.75) is 38.6 Å². The van der Waals surface area contributed by atoms with Gasteiger partial charge in [-0.05, 0) is 81.1 Å². The van der Waals surface area contributed by atoms with E-state index in [1.807, 2.05) is 36.1 Å². The van der Waals surface area contributed by atoms with Crippen molar-refractivity contribution in [1.29, 1.82) is 5.41 Å². The van der Waals surface area contributed by atoms with Gasteiger partial charge < -0.3 is 30.9 Å². The fourth-order valence-corrected chi connectivity index (χ4v) is 5.09. The van der Waals surface area contributed by atoms with Gasteiger partial charge in [0.25, 0.3) is 11.8 Å². The second-order valence-electron chi connectivity index (χ2n) is 10.1. The highest BCUT2D eigenvalue weighted by Crippen LogP contribution is 2.23. The Labute approximate surface area is 238 Å². The smallest absolute Gasteiger partial charge is 0.273 e. The highest BCUT2D eigenvalue weighted by atomic mass is 16.5. The lowest BCUT2D eigenvalue weighted by Gasteiger charge is -2.33. The Morgan fingerprint density at radius 3 is 2.39 bits per heavy atom. The molecule has 1 unspecified atom stereocenters. The van der Waals surface area contributed by atoms with E-state index in [4.69, 9.17) is 15.9 Å². The zero-order chi connectivity index (χ0) is 28.8. The highest BCUT2D eigenvalue weighted by Gasteiger charge is 2.26. The summed E-state index contributed by atoms with van der Waals surface area (Å²) in [4.78, 5) is 33.6. The van der Waals surface area contributed by atoms with Crippen LogP contribution in [0.1, 0.15) is 59.0 Å². The normalized spacial score (nSPS) is 16.8. The summed E-state index contributed by atoms with van der Waals surface area (Å²) >= 11 is 0. The van der Waals surface area contributed by atoms with Crippen LogP contribution < -0.4 is 26.0 Å². The van der Waals surface area contributed by atoms with Gasteiger partial charge in [-0.15, -0.1) is 10.2 Å². The summed E-state index contributed by atoms with van der Waals surface area (Å²) < 4.78 is 5.46. The Hall–Kier alpha value is -4.74. The average molecular weight is 558 g/mol. The van der Waals surface area contributed by atoms with Crippen molar-refractivity contribution in [3.63, 3.8) is 0 Å². The summed E-state index contributed by atoms with van der Waals surface area (Å²) in [7, 11) is 0.